The monoisotopic (exact) mass is 279 g/mol. The van der Waals surface area contributed by atoms with Crippen LogP contribution in [0.1, 0.15) is 5.56 Å². The van der Waals surface area contributed by atoms with Crippen LogP contribution in [0.3, 0.4) is 0 Å². The van der Waals surface area contributed by atoms with Gasteiger partial charge in [-0.25, -0.2) is 0 Å². The van der Waals surface area contributed by atoms with Crippen molar-refractivity contribution in [2.24, 2.45) is 0 Å². The molecule has 4 heteroatoms. The lowest BCUT2D eigenvalue weighted by Crippen LogP contribution is -2.20. The minimum absolute atomic E-state index is 0.0330. The van der Waals surface area contributed by atoms with Crippen LogP contribution < -0.4 is 5.56 Å². The minimum Gasteiger partial charge on any atom is -0.507 e. The fourth-order valence-electron chi connectivity index (χ4n) is 1.44. The van der Waals surface area contributed by atoms with Crippen molar-refractivity contribution in [3.8, 4) is 5.75 Å². The Labute approximate surface area is 101 Å². The molecule has 0 amide bonds. The molecule has 0 atom stereocenters. The summed E-state index contributed by atoms with van der Waals surface area (Å²) in [7, 11) is 0. The summed E-state index contributed by atoms with van der Waals surface area (Å²) in [6.07, 6.45) is 1.58. The van der Waals surface area contributed by atoms with Gasteiger partial charge in [-0.05, 0) is 27.6 Å². The quantitative estimate of drug-likeness (QED) is 0.917. The van der Waals surface area contributed by atoms with Gasteiger partial charge in [0.2, 0.25) is 0 Å². The molecule has 0 fully saturated rings. The van der Waals surface area contributed by atoms with Gasteiger partial charge in [-0.1, -0.05) is 30.3 Å². The smallest absolute Gasteiger partial charge is 0.268 e. The highest BCUT2D eigenvalue weighted by molar-refractivity contribution is 9.10. The molecule has 2 aromatic rings. The molecule has 0 radical (unpaired) electrons. The molecule has 0 aliphatic rings. The Morgan fingerprint density at radius 3 is 2.56 bits per heavy atom. The van der Waals surface area contributed by atoms with Gasteiger partial charge in [0, 0.05) is 6.20 Å². The number of aromatic hydroxyl groups is 1. The van der Waals surface area contributed by atoms with Gasteiger partial charge in [0.15, 0.2) is 0 Å². The fraction of sp³-hybridized carbons (Fsp3) is 0.0833. The third-order valence-electron chi connectivity index (χ3n) is 2.28. The Hall–Kier alpha value is -1.55. The minimum atomic E-state index is -0.233. The van der Waals surface area contributed by atoms with Crippen molar-refractivity contribution in [2.75, 3.05) is 0 Å². The lowest BCUT2D eigenvalue weighted by atomic mass is 10.2. The molecule has 0 saturated carbocycles. The number of nitrogens with zero attached hydrogens (tertiary/aromatic N) is 1. The van der Waals surface area contributed by atoms with Crippen LogP contribution in [0.25, 0.3) is 0 Å². The van der Waals surface area contributed by atoms with Crippen LogP contribution >= 0.6 is 15.9 Å². The molecule has 1 heterocycles. The van der Waals surface area contributed by atoms with Crippen molar-refractivity contribution in [2.45, 2.75) is 6.54 Å². The summed E-state index contributed by atoms with van der Waals surface area (Å²) in [5.74, 6) is -0.0330. The molecular weight excluding hydrogens is 270 g/mol. The first kappa shape index (κ1) is 11.0. The van der Waals surface area contributed by atoms with Gasteiger partial charge >= 0.3 is 0 Å². The molecule has 0 spiro atoms. The third kappa shape index (κ3) is 2.17. The highest BCUT2D eigenvalue weighted by atomic mass is 79.9. The van der Waals surface area contributed by atoms with E-state index >= 15 is 0 Å². The number of halogens is 1. The van der Waals surface area contributed by atoms with Gasteiger partial charge in [-0.2, -0.15) is 0 Å². The van der Waals surface area contributed by atoms with E-state index in [0.29, 0.717) is 6.54 Å². The number of aromatic nitrogens is 1. The molecule has 0 saturated heterocycles. The summed E-state index contributed by atoms with van der Waals surface area (Å²) in [5, 5.41) is 9.33. The number of hydrogen-bond acceptors (Lipinski definition) is 2. The Kier molecular flexibility index (Phi) is 3.10. The SMILES string of the molecule is O=c1c(Br)c(O)ccn1Cc1ccccc1. The van der Waals surface area contributed by atoms with Gasteiger partial charge < -0.3 is 9.67 Å². The topological polar surface area (TPSA) is 42.2 Å². The number of rotatable bonds is 2. The molecule has 0 bridgehead atoms. The van der Waals surface area contributed by atoms with E-state index in [1.54, 1.807) is 10.8 Å². The van der Waals surface area contributed by atoms with Gasteiger partial charge in [-0.3, -0.25) is 4.79 Å². The van der Waals surface area contributed by atoms with E-state index in [-0.39, 0.29) is 15.8 Å². The predicted molar refractivity (Wildman–Crippen MR) is 65.6 cm³/mol. The largest absolute Gasteiger partial charge is 0.507 e. The Bertz CT molecular complexity index is 549. The third-order valence-corrected chi connectivity index (χ3v) is 3.03. The van der Waals surface area contributed by atoms with Crippen molar-refractivity contribution in [1.82, 2.24) is 4.57 Å². The van der Waals surface area contributed by atoms with Gasteiger partial charge in [0.1, 0.15) is 10.2 Å². The van der Waals surface area contributed by atoms with Crippen molar-refractivity contribution in [3.05, 3.63) is 63.0 Å². The first-order chi connectivity index (χ1) is 7.68. The molecule has 0 aliphatic heterocycles. The normalized spacial score (nSPS) is 10.3. The molecule has 16 heavy (non-hydrogen) atoms. The number of pyridine rings is 1. The van der Waals surface area contributed by atoms with Crippen molar-refractivity contribution < 1.29 is 5.11 Å². The fourth-order valence-corrected chi connectivity index (χ4v) is 1.80. The summed E-state index contributed by atoms with van der Waals surface area (Å²) in [6.45, 7) is 0.499. The Balaban J connectivity index is 2.37. The molecule has 0 aliphatic carbocycles. The van der Waals surface area contributed by atoms with Crippen molar-refractivity contribution >= 4 is 15.9 Å². The van der Waals surface area contributed by atoms with E-state index in [1.165, 1.54) is 6.07 Å². The molecule has 2 rings (SSSR count). The van der Waals surface area contributed by atoms with Crippen LogP contribution in [0.2, 0.25) is 0 Å². The lowest BCUT2D eigenvalue weighted by molar-refractivity contribution is 0.467. The van der Waals surface area contributed by atoms with Crippen LogP contribution in [-0.2, 0) is 6.54 Å². The van der Waals surface area contributed by atoms with Crippen LogP contribution in [-0.4, -0.2) is 9.67 Å². The lowest BCUT2D eigenvalue weighted by Gasteiger charge is -2.06. The second-order valence-corrected chi connectivity index (χ2v) is 4.23. The Morgan fingerprint density at radius 2 is 1.88 bits per heavy atom. The zero-order valence-corrected chi connectivity index (χ0v) is 10.0. The second kappa shape index (κ2) is 4.53. The van der Waals surface area contributed by atoms with E-state index in [1.807, 2.05) is 30.3 Å². The highest BCUT2D eigenvalue weighted by Gasteiger charge is 2.05. The van der Waals surface area contributed by atoms with Crippen molar-refractivity contribution in [3.63, 3.8) is 0 Å². The van der Waals surface area contributed by atoms with Crippen LogP contribution in [0.5, 0.6) is 5.75 Å². The van der Waals surface area contributed by atoms with Crippen LogP contribution in [0, 0.1) is 0 Å². The average Bonchev–Trinajstić information content (AvgIpc) is 2.31. The van der Waals surface area contributed by atoms with Gasteiger partial charge in [0.05, 0.1) is 6.54 Å². The van der Waals surface area contributed by atoms with E-state index in [4.69, 9.17) is 0 Å². The zero-order valence-electron chi connectivity index (χ0n) is 8.43. The Morgan fingerprint density at radius 1 is 1.19 bits per heavy atom. The summed E-state index contributed by atoms with van der Waals surface area (Å²) in [5.41, 5.74) is 0.811. The molecule has 1 aromatic heterocycles. The first-order valence-electron chi connectivity index (χ1n) is 4.80. The number of benzene rings is 1. The maximum atomic E-state index is 11.8. The van der Waals surface area contributed by atoms with E-state index in [2.05, 4.69) is 15.9 Å². The maximum absolute atomic E-state index is 11.8. The molecule has 1 aromatic carbocycles. The summed E-state index contributed by atoms with van der Waals surface area (Å²) >= 11 is 3.06. The molecule has 1 N–H and O–H groups in total. The molecule has 0 unspecified atom stereocenters. The van der Waals surface area contributed by atoms with Crippen LogP contribution in [0.4, 0.5) is 0 Å². The second-order valence-electron chi connectivity index (χ2n) is 3.43. The van der Waals surface area contributed by atoms with Crippen LogP contribution in [0.15, 0.2) is 51.9 Å². The van der Waals surface area contributed by atoms with E-state index in [0.717, 1.165) is 5.56 Å². The van der Waals surface area contributed by atoms with E-state index in [9.17, 15) is 9.90 Å². The number of hydrogen-bond donors (Lipinski definition) is 1. The molecule has 3 nitrogen and oxygen atoms in total. The van der Waals surface area contributed by atoms with Gasteiger partial charge in [0.25, 0.3) is 5.56 Å². The van der Waals surface area contributed by atoms with E-state index < -0.39 is 0 Å². The molecule has 82 valence electrons. The standard InChI is InChI=1S/C12H10BrNO2/c13-11-10(15)6-7-14(12(11)16)8-9-4-2-1-3-5-9/h1-7,15H,8H2. The highest BCUT2D eigenvalue weighted by Crippen LogP contribution is 2.17. The van der Waals surface area contributed by atoms with Gasteiger partial charge in [-0.15, -0.1) is 0 Å². The predicted octanol–water partition coefficient (Wildman–Crippen LogP) is 2.36. The van der Waals surface area contributed by atoms with Crippen molar-refractivity contribution in [1.29, 1.82) is 0 Å². The maximum Gasteiger partial charge on any atom is 0.268 e. The zero-order chi connectivity index (χ0) is 11.5. The summed E-state index contributed by atoms with van der Waals surface area (Å²) in [6, 6.07) is 11.2. The summed E-state index contributed by atoms with van der Waals surface area (Å²) < 4.78 is 1.74. The first-order valence-corrected chi connectivity index (χ1v) is 5.59. The average molecular weight is 280 g/mol. The summed E-state index contributed by atoms with van der Waals surface area (Å²) in [4.78, 5) is 11.8. The molecular formula is C12H10BrNO2.